The molecule has 1 fully saturated rings. The molecule has 1 aliphatic rings. The average Bonchev–Trinajstić information content (AvgIpc) is 2.97. The van der Waals surface area contributed by atoms with Gasteiger partial charge in [0.2, 0.25) is 10.0 Å². The van der Waals surface area contributed by atoms with Gasteiger partial charge in [0.15, 0.2) is 0 Å². The van der Waals surface area contributed by atoms with E-state index in [1.165, 1.54) is 11.4 Å². The molecular weight excluding hydrogens is 292 g/mol. The number of hydrogen-bond acceptors (Lipinski definition) is 5. The molecule has 1 unspecified atom stereocenters. The quantitative estimate of drug-likeness (QED) is 0.771. The highest BCUT2D eigenvalue weighted by molar-refractivity contribution is 7.88. The predicted molar refractivity (Wildman–Crippen MR) is 75.5 cm³/mol. The summed E-state index contributed by atoms with van der Waals surface area (Å²) >= 11 is 0. The van der Waals surface area contributed by atoms with Crippen LogP contribution in [0.5, 0.6) is 0 Å². The Morgan fingerprint density at radius 2 is 2.19 bits per heavy atom. The monoisotopic (exact) mass is 308 g/mol. The van der Waals surface area contributed by atoms with Crippen LogP contribution in [0.1, 0.15) is 17.5 Å². The summed E-state index contributed by atoms with van der Waals surface area (Å²) in [6.45, 7) is 0.445. The van der Waals surface area contributed by atoms with Crippen LogP contribution in [0.4, 0.5) is 0 Å². The minimum Gasteiger partial charge on any atom is -0.469 e. The lowest BCUT2D eigenvalue weighted by Gasteiger charge is -2.16. The summed E-state index contributed by atoms with van der Waals surface area (Å²) in [6.07, 6.45) is 0.464. The van der Waals surface area contributed by atoms with Gasteiger partial charge in [-0.25, -0.2) is 12.7 Å². The van der Waals surface area contributed by atoms with Crippen LogP contribution in [-0.4, -0.2) is 38.9 Å². The van der Waals surface area contributed by atoms with E-state index in [1.807, 2.05) is 6.07 Å². The zero-order chi connectivity index (χ0) is 15.5. The Morgan fingerprint density at radius 3 is 2.86 bits per heavy atom. The number of ether oxygens (including phenoxy) is 1. The van der Waals surface area contributed by atoms with Gasteiger partial charge in [-0.3, -0.25) is 4.79 Å². The van der Waals surface area contributed by atoms with Crippen LogP contribution in [-0.2, 0) is 25.3 Å². The molecule has 2 rings (SSSR count). The Balaban J connectivity index is 2.13. The molecule has 1 atom stereocenters. The van der Waals surface area contributed by atoms with Crippen LogP contribution in [0.2, 0.25) is 0 Å². The molecule has 0 aliphatic carbocycles. The van der Waals surface area contributed by atoms with Gasteiger partial charge in [-0.15, -0.1) is 0 Å². The molecule has 6 nitrogen and oxygen atoms in total. The number of carbonyl (C=O) groups excluding carboxylic acids is 1. The smallest absolute Gasteiger partial charge is 0.310 e. The van der Waals surface area contributed by atoms with Gasteiger partial charge >= 0.3 is 5.97 Å². The number of carbonyl (C=O) groups is 1. The number of hydrogen-bond donors (Lipinski definition) is 0. The molecule has 0 spiro atoms. The van der Waals surface area contributed by atoms with Crippen LogP contribution in [0.25, 0.3) is 0 Å². The van der Waals surface area contributed by atoms with Crippen molar-refractivity contribution in [2.24, 2.45) is 5.92 Å². The molecule has 1 aliphatic heterocycles. The van der Waals surface area contributed by atoms with Gasteiger partial charge in [-0.2, -0.15) is 5.26 Å². The van der Waals surface area contributed by atoms with Crippen molar-refractivity contribution in [2.45, 2.75) is 12.2 Å². The zero-order valence-corrected chi connectivity index (χ0v) is 12.5. The number of esters is 1. The second-order valence-electron chi connectivity index (χ2n) is 4.89. The van der Waals surface area contributed by atoms with Gasteiger partial charge in [0.1, 0.15) is 0 Å². The normalized spacial score (nSPS) is 19.1. The average molecular weight is 308 g/mol. The highest BCUT2D eigenvalue weighted by Gasteiger charge is 2.35. The van der Waals surface area contributed by atoms with Gasteiger partial charge < -0.3 is 4.74 Å². The van der Waals surface area contributed by atoms with Crippen molar-refractivity contribution < 1.29 is 17.9 Å². The van der Waals surface area contributed by atoms with Crippen LogP contribution in [0.3, 0.4) is 0 Å². The maximum Gasteiger partial charge on any atom is 0.310 e. The Labute approximate surface area is 124 Å². The van der Waals surface area contributed by atoms with Crippen molar-refractivity contribution in [1.82, 2.24) is 4.31 Å². The highest BCUT2D eigenvalue weighted by atomic mass is 32.2. The summed E-state index contributed by atoms with van der Waals surface area (Å²) in [4.78, 5) is 11.5. The summed E-state index contributed by atoms with van der Waals surface area (Å²) in [5, 5.41) is 9.01. The minimum atomic E-state index is -3.55. The van der Waals surface area contributed by atoms with Crippen LogP contribution >= 0.6 is 0 Å². The van der Waals surface area contributed by atoms with Gasteiger partial charge in [0.25, 0.3) is 0 Å². The molecule has 1 aromatic rings. The van der Waals surface area contributed by atoms with Crippen molar-refractivity contribution >= 4 is 16.0 Å². The largest absolute Gasteiger partial charge is 0.469 e. The molecule has 0 aromatic heterocycles. The second kappa shape index (κ2) is 6.24. The first-order valence-electron chi connectivity index (χ1n) is 6.51. The lowest BCUT2D eigenvalue weighted by atomic mass is 10.1. The lowest BCUT2D eigenvalue weighted by Crippen LogP contribution is -2.31. The number of benzene rings is 1. The number of methoxy groups -OCH3 is 1. The van der Waals surface area contributed by atoms with E-state index in [0.717, 1.165) is 0 Å². The second-order valence-corrected chi connectivity index (χ2v) is 6.86. The molecule has 0 radical (unpaired) electrons. The summed E-state index contributed by atoms with van der Waals surface area (Å²) in [6, 6.07) is 8.60. The zero-order valence-electron chi connectivity index (χ0n) is 11.7. The van der Waals surface area contributed by atoms with E-state index in [0.29, 0.717) is 24.1 Å². The van der Waals surface area contributed by atoms with Crippen LogP contribution < -0.4 is 0 Å². The standard InChI is InChI=1S/C14H16N2O4S/c1-20-14(17)12-6-7-16(9-12)21(18,19)10-13-5-3-2-4-11(13)8-15/h2-5,12H,6-7,9-10H2,1H3. The van der Waals surface area contributed by atoms with E-state index in [4.69, 9.17) is 5.26 Å². The Morgan fingerprint density at radius 1 is 1.48 bits per heavy atom. The van der Waals surface area contributed by atoms with Crippen LogP contribution in [0, 0.1) is 17.2 Å². The van der Waals surface area contributed by atoms with E-state index >= 15 is 0 Å². The third-order valence-electron chi connectivity index (χ3n) is 3.55. The van der Waals surface area contributed by atoms with E-state index in [-0.39, 0.29) is 18.3 Å². The van der Waals surface area contributed by atoms with E-state index in [9.17, 15) is 13.2 Å². The summed E-state index contributed by atoms with van der Waals surface area (Å²) in [5.74, 6) is -1.02. The molecule has 112 valence electrons. The Hall–Kier alpha value is -1.91. The van der Waals surface area contributed by atoms with Gasteiger partial charge in [-0.1, -0.05) is 18.2 Å². The maximum atomic E-state index is 12.4. The first-order valence-corrected chi connectivity index (χ1v) is 8.12. The molecule has 1 heterocycles. The van der Waals surface area contributed by atoms with E-state index in [2.05, 4.69) is 4.74 Å². The third kappa shape index (κ3) is 3.40. The first kappa shape index (κ1) is 15.5. The SMILES string of the molecule is COC(=O)C1CCN(S(=O)(=O)Cc2ccccc2C#N)C1. The number of sulfonamides is 1. The van der Waals surface area contributed by atoms with Crippen molar-refractivity contribution in [1.29, 1.82) is 5.26 Å². The fraction of sp³-hybridized carbons (Fsp3) is 0.429. The van der Waals surface area contributed by atoms with Crippen LogP contribution in [0.15, 0.2) is 24.3 Å². The van der Waals surface area contributed by atoms with Gasteiger partial charge in [0.05, 0.1) is 30.4 Å². The molecule has 21 heavy (non-hydrogen) atoms. The number of rotatable bonds is 4. The van der Waals surface area contributed by atoms with Gasteiger partial charge in [-0.05, 0) is 18.1 Å². The lowest BCUT2D eigenvalue weighted by molar-refractivity contribution is -0.144. The van der Waals surface area contributed by atoms with Crippen molar-refractivity contribution in [2.75, 3.05) is 20.2 Å². The molecule has 0 bridgehead atoms. The first-order chi connectivity index (χ1) is 9.97. The minimum absolute atomic E-state index is 0.143. The fourth-order valence-electron chi connectivity index (χ4n) is 2.38. The highest BCUT2D eigenvalue weighted by Crippen LogP contribution is 2.23. The molecule has 0 N–H and O–H groups in total. The third-order valence-corrected chi connectivity index (χ3v) is 5.35. The Kier molecular flexibility index (Phi) is 4.60. The Bertz CT molecular complexity index is 678. The summed E-state index contributed by atoms with van der Waals surface area (Å²) in [5.41, 5.74) is 0.825. The summed E-state index contributed by atoms with van der Waals surface area (Å²) in [7, 11) is -2.25. The van der Waals surface area contributed by atoms with Crippen molar-refractivity contribution in [3.8, 4) is 6.07 Å². The maximum absolute atomic E-state index is 12.4. The molecule has 1 saturated heterocycles. The molecule has 1 aromatic carbocycles. The van der Waals surface area contributed by atoms with Crippen molar-refractivity contribution in [3.05, 3.63) is 35.4 Å². The summed E-state index contributed by atoms with van der Waals surface area (Å²) < 4.78 is 30.7. The molecule has 7 heteroatoms. The number of nitrogens with zero attached hydrogens (tertiary/aromatic N) is 2. The van der Waals surface area contributed by atoms with Crippen molar-refractivity contribution in [3.63, 3.8) is 0 Å². The molecular formula is C14H16N2O4S. The fourth-order valence-corrected chi connectivity index (χ4v) is 4.00. The predicted octanol–water partition coefficient (Wildman–Crippen LogP) is 0.883. The molecule has 0 amide bonds. The topological polar surface area (TPSA) is 87.5 Å². The van der Waals surface area contributed by atoms with E-state index in [1.54, 1.807) is 24.3 Å². The number of nitriles is 1. The van der Waals surface area contributed by atoms with E-state index < -0.39 is 15.9 Å². The molecule has 0 saturated carbocycles. The van der Waals surface area contributed by atoms with Gasteiger partial charge in [0, 0.05) is 13.1 Å².